The summed E-state index contributed by atoms with van der Waals surface area (Å²) < 4.78 is 5.48. The average Bonchev–Trinajstić information content (AvgIpc) is 3.13. The van der Waals surface area contributed by atoms with Crippen LogP contribution in [-0.4, -0.2) is 31.7 Å². The molecule has 114 valence electrons. The normalized spacial score (nSPS) is 24.0. The number of carbonyl (C=O) groups is 1. The Labute approximate surface area is 126 Å². The third-order valence-corrected chi connectivity index (χ3v) is 4.44. The van der Waals surface area contributed by atoms with E-state index in [2.05, 4.69) is 29.7 Å². The van der Waals surface area contributed by atoms with Gasteiger partial charge >= 0.3 is 0 Å². The van der Waals surface area contributed by atoms with Gasteiger partial charge in [-0.05, 0) is 55.5 Å². The first-order valence-corrected chi connectivity index (χ1v) is 8.01. The molecular weight excluding hydrogens is 264 g/mol. The van der Waals surface area contributed by atoms with Crippen molar-refractivity contribution in [2.24, 2.45) is 5.92 Å². The zero-order valence-corrected chi connectivity index (χ0v) is 12.7. The lowest BCUT2D eigenvalue weighted by atomic mass is 10.0. The van der Waals surface area contributed by atoms with Gasteiger partial charge < -0.3 is 15.4 Å². The predicted octanol–water partition coefficient (Wildman–Crippen LogP) is 2.13. The predicted molar refractivity (Wildman–Crippen MR) is 83.5 cm³/mol. The van der Waals surface area contributed by atoms with Gasteiger partial charge in [-0.15, -0.1) is 0 Å². The molecule has 0 spiro atoms. The molecule has 0 aromatic heterocycles. The van der Waals surface area contributed by atoms with Gasteiger partial charge in [0, 0.05) is 11.7 Å². The SMILES string of the molecule is CCCNC1COCC1C(=O)Nc1ccc2c(c1)CCC2. The first-order chi connectivity index (χ1) is 10.3. The highest BCUT2D eigenvalue weighted by Gasteiger charge is 2.33. The molecule has 0 bridgehead atoms. The molecule has 1 aliphatic carbocycles. The molecule has 1 fully saturated rings. The molecular formula is C17H24N2O2. The number of hydrogen-bond donors (Lipinski definition) is 2. The highest BCUT2D eigenvalue weighted by molar-refractivity contribution is 5.93. The summed E-state index contributed by atoms with van der Waals surface area (Å²) >= 11 is 0. The number of hydrogen-bond acceptors (Lipinski definition) is 3. The van der Waals surface area contributed by atoms with Crippen LogP contribution in [0.3, 0.4) is 0 Å². The number of anilines is 1. The van der Waals surface area contributed by atoms with Gasteiger partial charge in [0.25, 0.3) is 0 Å². The molecule has 2 unspecified atom stereocenters. The van der Waals surface area contributed by atoms with Crippen molar-refractivity contribution in [2.75, 3.05) is 25.1 Å². The lowest BCUT2D eigenvalue weighted by Gasteiger charge is -2.18. The summed E-state index contributed by atoms with van der Waals surface area (Å²) in [5.41, 5.74) is 3.73. The number of benzene rings is 1. The minimum atomic E-state index is -0.0928. The van der Waals surface area contributed by atoms with Gasteiger partial charge in [-0.1, -0.05) is 13.0 Å². The maximum Gasteiger partial charge on any atom is 0.231 e. The van der Waals surface area contributed by atoms with E-state index < -0.39 is 0 Å². The lowest BCUT2D eigenvalue weighted by Crippen LogP contribution is -2.41. The van der Waals surface area contributed by atoms with Crippen LogP contribution in [0.15, 0.2) is 18.2 Å². The van der Waals surface area contributed by atoms with E-state index in [0.717, 1.165) is 25.1 Å². The maximum absolute atomic E-state index is 12.5. The van der Waals surface area contributed by atoms with Gasteiger partial charge in [0.05, 0.1) is 19.1 Å². The molecule has 2 atom stereocenters. The van der Waals surface area contributed by atoms with E-state index in [1.165, 1.54) is 24.0 Å². The van der Waals surface area contributed by atoms with E-state index in [-0.39, 0.29) is 17.9 Å². The van der Waals surface area contributed by atoms with E-state index in [1.807, 2.05) is 6.07 Å². The van der Waals surface area contributed by atoms with Gasteiger partial charge in [-0.3, -0.25) is 4.79 Å². The van der Waals surface area contributed by atoms with Crippen molar-refractivity contribution in [1.82, 2.24) is 5.32 Å². The molecule has 0 radical (unpaired) electrons. The first kappa shape index (κ1) is 14.5. The minimum Gasteiger partial charge on any atom is -0.379 e. The number of carbonyl (C=O) groups excluding carboxylic acids is 1. The van der Waals surface area contributed by atoms with Crippen molar-refractivity contribution < 1.29 is 9.53 Å². The van der Waals surface area contributed by atoms with Crippen LogP contribution < -0.4 is 10.6 Å². The van der Waals surface area contributed by atoms with E-state index in [9.17, 15) is 4.79 Å². The van der Waals surface area contributed by atoms with Crippen LogP contribution in [0.1, 0.15) is 30.9 Å². The van der Waals surface area contributed by atoms with Crippen molar-refractivity contribution >= 4 is 11.6 Å². The molecule has 4 nitrogen and oxygen atoms in total. The number of amides is 1. The van der Waals surface area contributed by atoms with Gasteiger partial charge in [0.2, 0.25) is 5.91 Å². The molecule has 1 amide bonds. The van der Waals surface area contributed by atoms with Crippen LogP contribution in [0, 0.1) is 5.92 Å². The molecule has 1 heterocycles. The van der Waals surface area contributed by atoms with E-state index in [4.69, 9.17) is 4.74 Å². The van der Waals surface area contributed by atoms with Gasteiger partial charge in [-0.25, -0.2) is 0 Å². The van der Waals surface area contributed by atoms with Gasteiger partial charge in [0.1, 0.15) is 0 Å². The Hall–Kier alpha value is -1.39. The molecule has 3 rings (SSSR count). The third-order valence-electron chi connectivity index (χ3n) is 4.44. The van der Waals surface area contributed by atoms with Crippen LogP contribution in [0.25, 0.3) is 0 Å². The number of nitrogens with one attached hydrogen (secondary N) is 2. The standard InChI is InChI=1S/C17H24N2O2/c1-2-8-18-16-11-21-10-15(16)17(20)19-14-7-6-12-4-3-5-13(12)9-14/h6-7,9,15-16,18H,2-5,8,10-11H2,1H3,(H,19,20). The Morgan fingerprint density at radius 1 is 1.29 bits per heavy atom. The van der Waals surface area contributed by atoms with Crippen LogP contribution in [0.5, 0.6) is 0 Å². The summed E-state index contributed by atoms with van der Waals surface area (Å²) in [7, 11) is 0. The molecule has 1 aromatic rings. The Morgan fingerprint density at radius 3 is 3.00 bits per heavy atom. The summed E-state index contributed by atoms with van der Waals surface area (Å²) in [6.07, 6.45) is 4.59. The second kappa shape index (κ2) is 6.58. The van der Waals surface area contributed by atoms with Crippen molar-refractivity contribution in [1.29, 1.82) is 0 Å². The average molecular weight is 288 g/mol. The fraction of sp³-hybridized carbons (Fsp3) is 0.588. The summed E-state index contributed by atoms with van der Waals surface area (Å²) in [6.45, 7) is 4.19. The second-order valence-electron chi connectivity index (χ2n) is 6.03. The van der Waals surface area contributed by atoms with Crippen LogP contribution >= 0.6 is 0 Å². The van der Waals surface area contributed by atoms with Crippen molar-refractivity contribution in [3.63, 3.8) is 0 Å². The Balaban J connectivity index is 1.63. The molecule has 4 heteroatoms. The third kappa shape index (κ3) is 3.27. The molecule has 1 aliphatic heterocycles. The van der Waals surface area contributed by atoms with E-state index in [0.29, 0.717) is 13.2 Å². The zero-order chi connectivity index (χ0) is 14.7. The topological polar surface area (TPSA) is 50.4 Å². The number of fused-ring (bicyclic) bond motifs is 1. The van der Waals surface area contributed by atoms with Crippen LogP contribution in [0.2, 0.25) is 0 Å². The molecule has 2 N–H and O–H groups in total. The fourth-order valence-corrected chi connectivity index (χ4v) is 3.23. The van der Waals surface area contributed by atoms with E-state index in [1.54, 1.807) is 0 Å². The summed E-state index contributed by atoms with van der Waals surface area (Å²) in [5.74, 6) is -0.0242. The molecule has 21 heavy (non-hydrogen) atoms. The number of rotatable bonds is 5. The minimum absolute atomic E-state index is 0.0686. The molecule has 1 aromatic carbocycles. The molecule has 1 saturated heterocycles. The highest BCUT2D eigenvalue weighted by atomic mass is 16.5. The van der Waals surface area contributed by atoms with Crippen molar-refractivity contribution in [2.45, 2.75) is 38.6 Å². The quantitative estimate of drug-likeness (QED) is 0.872. The summed E-state index contributed by atoms with van der Waals surface area (Å²) in [4.78, 5) is 12.5. The smallest absolute Gasteiger partial charge is 0.231 e. The zero-order valence-electron chi connectivity index (χ0n) is 12.7. The molecule has 2 aliphatic rings. The summed E-state index contributed by atoms with van der Waals surface area (Å²) in [6, 6.07) is 6.44. The van der Waals surface area contributed by atoms with Crippen molar-refractivity contribution in [3.8, 4) is 0 Å². The van der Waals surface area contributed by atoms with Gasteiger partial charge in [-0.2, -0.15) is 0 Å². The van der Waals surface area contributed by atoms with Crippen LogP contribution in [-0.2, 0) is 22.4 Å². The Morgan fingerprint density at radius 2 is 2.14 bits per heavy atom. The molecule has 0 saturated carbocycles. The van der Waals surface area contributed by atoms with E-state index >= 15 is 0 Å². The fourth-order valence-electron chi connectivity index (χ4n) is 3.23. The Kier molecular flexibility index (Phi) is 4.56. The monoisotopic (exact) mass is 288 g/mol. The van der Waals surface area contributed by atoms with Crippen LogP contribution in [0.4, 0.5) is 5.69 Å². The van der Waals surface area contributed by atoms with Gasteiger partial charge in [0.15, 0.2) is 0 Å². The number of aryl methyl sites for hydroxylation is 2. The largest absolute Gasteiger partial charge is 0.379 e. The highest BCUT2D eigenvalue weighted by Crippen LogP contribution is 2.25. The maximum atomic E-state index is 12.5. The Bertz CT molecular complexity index is 516. The second-order valence-corrected chi connectivity index (χ2v) is 6.03. The summed E-state index contributed by atoms with van der Waals surface area (Å²) in [5, 5.41) is 6.46. The lowest BCUT2D eigenvalue weighted by molar-refractivity contribution is -0.120. The van der Waals surface area contributed by atoms with Crippen molar-refractivity contribution in [3.05, 3.63) is 29.3 Å². The first-order valence-electron chi connectivity index (χ1n) is 8.01. The number of ether oxygens (including phenoxy) is 1.